The van der Waals surface area contributed by atoms with Crippen molar-refractivity contribution in [3.05, 3.63) is 64.3 Å². The number of imidazole rings is 1. The van der Waals surface area contributed by atoms with Gasteiger partial charge in [-0.2, -0.15) is 0 Å². The smallest absolute Gasteiger partial charge is 0.335 e. The Morgan fingerprint density at radius 3 is 2.60 bits per heavy atom. The van der Waals surface area contributed by atoms with E-state index < -0.39 is 5.97 Å². The number of aromatic carboxylic acids is 1. The standard InChI is InChI=1S/C19H21N3O3/c1-13(2)8-10-21-16-7-6-14(18(23)24)11-17(16)22(19(21)25)12-15-5-3-4-9-20-15/h3-7,9,11,13H,8,10,12H2,1-2H3,(H,23,24). The van der Waals surface area contributed by atoms with E-state index in [0.717, 1.165) is 17.6 Å². The van der Waals surface area contributed by atoms with Gasteiger partial charge in [-0.15, -0.1) is 0 Å². The van der Waals surface area contributed by atoms with E-state index >= 15 is 0 Å². The molecule has 0 amide bonds. The Morgan fingerprint density at radius 2 is 1.96 bits per heavy atom. The molecule has 3 aromatic rings. The Hall–Kier alpha value is -2.89. The van der Waals surface area contributed by atoms with E-state index in [1.54, 1.807) is 33.5 Å². The molecule has 6 nitrogen and oxygen atoms in total. The van der Waals surface area contributed by atoms with Crippen LogP contribution in [0.15, 0.2) is 47.4 Å². The SMILES string of the molecule is CC(C)CCn1c(=O)n(Cc2ccccn2)c2cc(C(=O)O)ccc21. The molecule has 0 saturated heterocycles. The molecule has 0 aliphatic carbocycles. The van der Waals surface area contributed by atoms with Crippen molar-refractivity contribution in [2.24, 2.45) is 5.92 Å². The van der Waals surface area contributed by atoms with Gasteiger partial charge in [0.1, 0.15) is 0 Å². The van der Waals surface area contributed by atoms with Crippen LogP contribution in [0.5, 0.6) is 0 Å². The van der Waals surface area contributed by atoms with Crippen molar-refractivity contribution in [1.82, 2.24) is 14.1 Å². The predicted octanol–water partition coefficient (Wildman–Crippen LogP) is 2.99. The number of carbonyl (C=O) groups is 1. The number of hydrogen-bond acceptors (Lipinski definition) is 3. The fourth-order valence-electron chi connectivity index (χ4n) is 2.86. The third-order valence-corrected chi connectivity index (χ3v) is 4.24. The van der Waals surface area contributed by atoms with E-state index in [2.05, 4.69) is 18.8 Å². The van der Waals surface area contributed by atoms with E-state index in [-0.39, 0.29) is 11.3 Å². The molecule has 1 N–H and O–H groups in total. The molecule has 0 fully saturated rings. The number of nitrogens with zero attached hydrogens (tertiary/aromatic N) is 3. The van der Waals surface area contributed by atoms with Crippen LogP contribution in [0.1, 0.15) is 36.3 Å². The largest absolute Gasteiger partial charge is 0.478 e. The number of pyridine rings is 1. The molecule has 0 saturated carbocycles. The fraction of sp³-hybridized carbons (Fsp3) is 0.316. The number of carboxylic acids is 1. The summed E-state index contributed by atoms with van der Waals surface area (Å²) in [5.41, 5.74) is 2.17. The highest BCUT2D eigenvalue weighted by Crippen LogP contribution is 2.18. The van der Waals surface area contributed by atoms with Crippen molar-refractivity contribution in [2.45, 2.75) is 33.4 Å². The Labute approximate surface area is 145 Å². The minimum atomic E-state index is -1.01. The van der Waals surface area contributed by atoms with Crippen LogP contribution in [0.4, 0.5) is 0 Å². The number of rotatable bonds is 6. The molecule has 0 aliphatic rings. The summed E-state index contributed by atoms with van der Waals surface area (Å²) in [6.45, 7) is 5.14. The normalized spacial score (nSPS) is 11.3. The molecule has 0 spiro atoms. The summed E-state index contributed by atoms with van der Waals surface area (Å²) >= 11 is 0. The van der Waals surface area contributed by atoms with Crippen LogP contribution in [-0.4, -0.2) is 25.2 Å². The zero-order valence-corrected chi connectivity index (χ0v) is 14.3. The number of fused-ring (bicyclic) bond motifs is 1. The first kappa shape index (κ1) is 17.0. The van der Waals surface area contributed by atoms with Crippen LogP contribution in [-0.2, 0) is 13.1 Å². The molecule has 0 radical (unpaired) electrons. The molecule has 25 heavy (non-hydrogen) atoms. The number of aryl methyl sites for hydroxylation is 1. The van der Waals surface area contributed by atoms with Crippen molar-refractivity contribution in [2.75, 3.05) is 0 Å². The first-order valence-electron chi connectivity index (χ1n) is 8.33. The summed E-state index contributed by atoms with van der Waals surface area (Å²) in [7, 11) is 0. The molecule has 2 aromatic heterocycles. The topological polar surface area (TPSA) is 77.1 Å². The van der Waals surface area contributed by atoms with Crippen LogP contribution < -0.4 is 5.69 Å². The number of carboxylic acid groups (broad SMARTS) is 1. The van der Waals surface area contributed by atoms with Crippen LogP contribution >= 0.6 is 0 Å². The molecule has 0 unspecified atom stereocenters. The van der Waals surface area contributed by atoms with Gasteiger partial charge in [-0.25, -0.2) is 9.59 Å². The lowest BCUT2D eigenvalue weighted by molar-refractivity contribution is 0.0697. The average molecular weight is 339 g/mol. The van der Waals surface area contributed by atoms with Crippen LogP contribution in [0, 0.1) is 5.92 Å². The lowest BCUT2D eigenvalue weighted by atomic mass is 10.1. The Kier molecular flexibility index (Phi) is 4.70. The van der Waals surface area contributed by atoms with Crippen molar-refractivity contribution >= 4 is 17.0 Å². The Morgan fingerprint density at radius 1 is 1.16 bits per heavy atom. The molecule has 0 atom stereocenters. The maximum atomic E-state index is 12.9. The van der Waals surface area contributed by atoms with Gasteiger partial charge >= 0.3 is 11.7 Å². The van der Waals surface area contributed by atoms with Gasteiger partial charge in [0.05, 0.1) is 28.8 Å². The summed E-state index contributed by atoms with van der Waals surface area (Å²) in [5.74, 6) is -0.534. The quantitative estimate of drug-likeness (QED) is 0.749. The molecule has 130 valence electrons. The third-order valence-electron chi connectivity index (χ3n) is 4.24. The molecule has 1 aromatic carbocycles. The lowest BCUT2D eigenvalue weighted by Crippen LogP contribution is -2.25. The Balaban J connectivity index is 2.15. The van der Waals surface area contributed by atoms with E-state index in [1.165, 1.54) is 0 Å². The lowest BCUT2D eigenvalue weighted by Gasteiger charge is -2.06. The summed E-state index contributed by atoms with van der Waals surface area (Å²) in [6.07, 6.45) is 2.56. The van der Waals surface area contributed by atoms with Gasteiger partial charge in [0.25, 0.3) is 0 Å². The first-order chi connectivity index (χ1) is 12.0. The van der Waals surface area contributed by atoms with Gasteiger partial charge < -0.3 is 5.11 Å². The first-order valence-corrected chi connectivity index (χ1v) is 8.33. The van der Waals surface area contributed by atoms with Gasteiger partial charge in [-0.3, -0.25) is 14.1 Å². The highest BCUT2D eigenvalue weighted by atomic mass is 16.4. The molecule has 0 bridgehead atoms. The van der Waals surface area contributed by atoms with Crippen LogP contribution in [0.2, 0.25) is 0 Å². The highest BCUT2D eigenvalue weighted by Gasteiger charge is 2.16. The third kappa shape index (κ3) is 3.47. The van der Waals surface area contributed by atoms with Gasteiger partial charge in [-0.1, -0.05) is 19.9 Å². The van der Waals surface area contributed by atoms with E-state index in [0.29, 0.717) is 24.5 Å². The van der Waals surface area contributed by atoms with Crippen molar-refractivity contribution in [3.8, 4) is 0 Å². The van der Waals surface area contributed by atoms with E-state index in [1.807, 2.05) is 18.2 Å². The average Bonchev–Trinajstić information content (AvgIpc) is 2.85. The highest BCUT2D eigenvalue weighted by molar-refractivity contribution is 5.92. The second kappa shape index (κ2) is 6.93. The zero-order chi connectivity index (χ0) is 18.0. The minimum absolute atomic E-state index is 0.135. The number of hydrogen-bond donors (Lipinski definition) is 1. The molecule has 6 heteroatoms. The second-order valence-electron chi connectivity index (χ2n) is 6.53. The Bertz CT molecular complexity index is 955. The molecule has 3 rings (SSSR count). The summed E-state index contributed by atoms with van der Waals surface area (Å²) in [5, 5.41) is 9.27. The minimum Gasteiger partial charge on any atom is -0.478 e. The maximum absolute atomic E-state index is 12.9. The van der Waals surface area contributed by atoms with Crippen molar-refractivity contribution in [1.29, 1.82) is 0 Å². The van der Waals surface area contributed by atoms with Gasteiger partial charge in [0.2, 0.25) is 0 Å². The molecular weight excluding hydrogens is 318 g/mol. The van der Waals surface area contributed by atoms with Crippen LogP contribution in [0.25, 0.3) is 11.0 Å². The number of aromatic nitrogens is 3. The summed E-state index contributed by atoms with van der Waals surface area (Å²) in [6, 6.07) is 10.4. The van der Waals surface area contributed by atoms with Gasteiger partial charge in [-0.05, 0) is 42.7 Å². The maximum Gasteiger partial charge on any atom is 0.335 e. The second-order valence-corrected chi connectivity index (χ2v) is 6.53. The van der Waals surface area contributed by atoms with Crippen LogP contribution in [0.3, 0.4) is 0 Å². The monoisotopic (exact) mass is 339 g/mol. The fourth-order valence-corrected chi connectivity index (χ4v) is 2.86. The molecular formula is C19H21N3O3. The van der Waals surface area contributed by atoms with Gasteiger partial charge in [0, 0.05) is 12.7 Å². The summed E-state index contributed by atoms with van der Waals surface area (Å²) < 4.78 is 3.33. The summed E-state index contributed by atoms with van der Waals surface area (Å²) in [4.78, 5) is 28.5. The van der Waals surface area contributed by atoms with E-state index in [4.69, 9.17) is 0 Å². The van der Waals surface area contributed by atoms with E-state index in [9.17, 15) is 14.7 Å². The van der Waals surface area contributed by atoms with Gasteiger partial charge in [0.15, 0.2) is 0 Å². The van der Waals surface area contributed by atoms with Crippen molar-refractivity contribution < 1.29 is 9.90 Å². The predicted molar refractivity (Wildman–Crippen MR) is 96.0 cm³/mol. The number of benzene rings is 1. The van der Waals surface area contributed by atoms with Crippen molar-refractivity contribution in [3.63, 3.8) is 0 Å². The molecule has 2 heterocycles. The molecule has 0 aliphatic heterocycles. The zero-order valence-electron chi connectivity index (χ0n) is 14.3.